The summed E-state index contributed by atoms with van der Waals surface area (Å²) in [6.45, 7) is 2.27. The Morgan fingerprint density at radius 3 is 1.52 bits per heavy atom. The van der Waals surface area contributed by atoms with Crippen LogP contribution in [0.25, 0.3) is 0 Å². The van der Waals surface area contributed by atoms with Gasteiger partial charge in [0.2, 0.25) is 5.91 Å². The normalized spacial score (nSPS) is 10.8. The van der Waals surface area contributed by atoms with Gasteiger partial charge in [-0.3, -0.25) is 4.79 Å². The Kier molecular flexibility index (Phi) is 14.8. The molecular weight excluding hydrogens is 362 g/mol. The number of carbonyl (C=O) groups excluding carboxylic acids is 1. The number of rotatable bonds is 18. The highest BCUT2D eigenvalue weighted by atomic mass is 16.4. The van der Waals surface area contributed by atoms with Crippen LogP contribution >= 0.6 is 0 Å². The summed E-state index contributed by atoms with van der Waals surface area (Å²) in [5, 5.41) is 11.7. The number of benzene rings is 1. The van der Waals surface area contributed by atoms with Gasteiger partial charge in [-0.1, -0.05) is 96.8 Å². The molecule has 2 N–H and O–H groups in total. The van der Waals surface area contributed by atoms with Gasteiger partial charge in [-0.15, -0.1) is 0 Å². The van der Waals surface area contributed by atoms with Crippen LogP contribution in [0.5, 0.6) is 0 Å². The van der Waals surface area contributed by atoms with Crippen LogP contribution in [0.1, 0.15) is 120 Å². The molecular formula is C25H41NO3. The average Bonchev–Trinajstić information content (AvgIpc) is 2.71. The summed E-state index contributed by atoms with van der Waals surface area (Å²) in [6, 6.07) is 6.28. The van der Waals surface area contributed by atoms with Crippen molar-refractivity contribution in [2.75, 3.05) is 5.32 Å². The number of anilines is 1. The molecule has 0 unspecified atom stereocenters. The van der Waals surface area contributed by atoms with E-state index in [2.05, 4.69) is 12.2 Å². The second-order valence-electron chi connectivity index (χ2n) is 8.13. The first kappa shape index (κ1) is 25.2. The molecule has 0 aromatic heterocycles. The van der Waals surface area contributed by atoms with E-state index >= 15 is 0 Å². The molecule has 4 heteroatoms. The fraction of sp³-hybridized carbons (Fsp3) is 0.680. The van der Waals surface area contributed by atoms with E-state index in [1.54, 1.807) is 12.1 Å². The maximum Gasteiger partial charge on any atom is 0.335 e. The fourth-order valence-electron chi connectivity index (χ4n) is 3.58. The highest BCUT2D eigenvalue weighted by molar-refractivity contribution is 5.92. The number of carbonyl (C=O) groups is 2. The van der Waals surface area contributed by atoms with E-state index in [1.807, 2.05) is 0 Å². The zero-order chi connectivity index (χ0) is 21.2. The van der Waals surface area contributed by atoms with Crippen molar-refractivity contribution in [1.82, 2.24) is 0 Å². The molecule has 0 spiro atoms. The van der Waals surface area contributed by atoms with E-state index in [0.29, 0.717) is 12.1 Å². The van der Waals surface area contributed by atoms with E-state index < -0.39 is 5.97 Å². The van der Waals surface area contributed by atoms with Crippen molar-refractivity contribution in [2.24, 2.45) is 0 Å². The minimum atomic E-state index is -0.958. The second-order valence-corrected chi connectivity index (χ2v) is 8.13. The molecule has 0 aliphatic heterocycles. The standard InChI is InChI=1S/C25H41NO3/c1-2-3-4-5-6-7-8-9-10-11-12-13-14-15-16-17-24(27)26-23-20-18-22(19-21-23)25(28)29/h18-21H,2-17H2,1H3,(H,26,27)(H,28,29). The van der Waals surface area contributed by atoms with Gasteiger partial charge in [-0.05, 0) is 30.7 Å². The quantitative estimate of drug-likeness (QED) is 0.248. The second kappa shape index (κ2) is 17.1. The largest absolute Gasteiger partial charge is 0.478 e. The lowest BCUT2D eigenvalue weighted by atomic mass is 10.0. The third-order valence-corrected chi connectivity index (χ3v) is 5.42. The molecule has 1 rings (SSSR count). The van der Waals surface area contributed by atoms with Crippen molar-refractivity contribution in [1.29, 1.82) is 0 Å². The minimum absolute atomic E-state index is 0.00256. The van der Waals surface area contributed by atoms with E-state index in [9.17, 15) is 9.59 Å². The van der Waals surface area contributed by atoms with Gasteiger partial charge in [-0.25, -0.2) is 4.79 Å². The Morgan fingerprint density at radius 2 is 1.10 bits per heavy atom. The van der Waals surface area contributed by atoms with Gasteiger partial charge in [0.1, 0.15) is 0 Å². The Bertz CT molecular complexity index is 554. The summed E-state index contributed by atoms with van der Waals surface area (Å²) in [4.78, 5) is 22.8. The van der Waals surface area contributed by atoms with Crippen LogP contribution in [0.2, 0.25) is 0 Å². The van der Waals surface area contributed by atoms with Crippen LogP contribution < -0.4 is 5.32 Å². The van der Waals surface area contributed by atoms with Crippen LogP contribution in [0.15, 0.2) is 24.3 Å². The number of amides is 1. The smallest absolute Gasteiger partial charge is 0.335 e. The van der Waals surface area contributed by atoms with Crippen molar-refractivity contribution >= 4 is 17.6 Å². The van der Waals surface area contributed by atoms with Crippen LogP contribution in [-0.4, -0.2) is 17.0 Å². The molecule has 0 saturated carbocycles. The summed E-state index contributed by atoms with van der Waals surface area (Å²) < 4.78 is 0. The van der Waals surface area contributed by atoms with E-state index in [0.717, 1.165) is 12.8 Å². The highest BCUT2D eigenvalue weighted by Gasteiger charge is 2.05. The van der Waals surface area contributed by atoms with Crippen molar-refractivity contribution < 1.29 is 14.7 Å². The summed E-state index contributed by atoms with van der Waals surface area (Å²) in [5.41, 5.74) is 0.881. The van der Waals surface area contributed by atoms with Gasteiger partial charge in [0.25, 0.3) is 0 Å². The minimum Gasteiger partial charge on any atom is -0.478 e. The van der Waals surface area contributed by atoms with Gasteiger partial charge >= 0.3 is 5.97 Å². The molecule has 4 nitrogen and oxygen atoms in total. The Morgan fingerprint density at radius 1 is 0.690 bits per heavy atom. The monoisotopic (exact) mass is 403 g/mol. The lowest BCUT2D eigenvalue weighted by molar-refractivity contribution is -0.116. The molecule has 29 heavy (non-hydrogen) atoms. The molecule has 1 aromatic carbocycles. The number of hydrogen-bond donors (Lipinski definition) is 2. The molecule has 0 bridgehead atoms. The average molecular weight is 404 g/mol. The number of unbranched alkanes of at least 4 members (excludes halogenated alkanes) is 14. The van der Waals surface area contributed by atoms with Crippen LogP contribution in [0.3, 0.4) is 0 Å². The Labute approximate surface area is 177 Å². The van der Waals surface area contributed by atoms with Crippen LogP contribution in [-0.2, 0) is 4.79 Å². The van der Waals surface area contributed by atoms with E-state index in [4.69, 9.17) is 5.11 Å². The maximum absolute atomic E-state index is 11.9. The number of aromatic carboxylic acids is 1. The summed E-state index contributed by atoms with van der Waals surface area (Å²) >= 11 is 0. The molecule has 164 valence electrons. The third-order valence-electron chi connectivity index (χ3n) is 5.42. The molecule has 0 aliphatic carbocycles. The van der Waals surface area contributed by atoms with Crippen LogP contribution in [0.4, 0.5) is 5.69 Å². The molecule has 0 heterocycles. The number of hydrogen-bond acceptors (Lipinski definition) is 2. The number of carboxylic acid groups (broad SMARTS) is 1. The summed E-state index contributed by atoms with van der Waals surface area (Å²) in [7, 11) is 0. The predicted octanol–water partition coefficient (Wildman–Crippen LogP) is 7.58. The Balaban J connectivity index is 1.88. The SMILES string of the molecule is CCCCCCCCCCCCCCCCCC(=O)Nc1ccc(C(=O)O)cc1. The molecule has 0 aliphatic rings. The lowest BCUT2D eigenvalue weighted by Gasteiger charge is -2.06. The Hall–Kier alpha value is -1.84. The first-order valence-corrected chi connectivity index (χ1v) is 11.8. The lowest BCUT2D eigenvalue weighted by Crippen LogP contribution is -2.11. The number of nitrogens with one attached hydrogen (secondary N) is 1. The molecule has 1 amide bonds. The zero-order valence-corrected chi connectivity index (χ0v) is 18.4. The molecule has 1 aromatic rings. The summed E-state index contributed by atoms with van der Waals surface area (Å²) in [5.74, 6) is -0.955. The first-order chi connectivity index (χ1) is 14.1. The molecule has 0 radical (unpaired) electrons. The van der Waals surface area contributed by atoms with Gasteiger partial charge < -0.3 is 10.4 Å². The van der Waals surface area contributed by atoms with E-state index in [-0.39, 0.29) is 11.5 Å². The molecule has 0 saturated heterocycles. The van der Waals surface area contributed by atoms with E-state index in [1.165, 1.54) is 95.6 Å². The number of carboxylic acids is 1. The van der Waals surface area contributed by atoms with Gasteiger partial charge in [-0.2, -0.15) is 0 Å². The summed E-state index contributed by atoms with van der Waals surface area (Å²) in [6.07, 6.45) is 20.2. The van der Waals surface area contributed by atoms with Crippen LogP contribution in [0, 0.1) is 0 Å². The predicted molar refractivity (Wildman–Crippen MR) is 122 cm³/mol. The molecule has 0 fully saturated rings. The van der Waals surface area contributed by atoms with Crippen molar-refractivity contribution in [3.8, 4) is 0 Å². The molecule has 0 atom stereocenters. The van der Waals surface area contributed by atoms with Gasteiger partial charge in [0.05, 0.1) is 5.56 Å². The zero-order valence-electron chi connectivity index (χ0n) is 18.4. The van der Waals surface area contributed by atoms with Gasteiger partial charge in [0, 0.05) is 12.1 Å². The maximum atomic E-state index is 11.9. The fourth-order valence-corrected chi connectivity index (χ4v) is 3.58. The van der Waals surface area contributed by atoms with Crippen molar-refractivity contribution in [3.63, 3.8) is 0 Å². The topological polar surface area (TPSA) is 66.4 Å². The highest BCUT2D eigenvalue weighted by Crippen LogP contribution is 2.14. The third kappa shape index (κ3) is 13.9. The first-order valence-electron chi connectivity index (χ1n) is 11.8. The van der Waals surface area contributed by atoms with Gasteiger partial charge in [0.15, 0.2) is 0 Å². The van der Waals surface area contributed by atoms with Crippen molar-refractivity contribution in [3.05, 3.63) is 29.8 Å². The van der Waals surface area contributed by atoms with Crippen molar-refractivity contribution in [2.45, 2.75) is 110 Å².